The monoisotopic (exact) mass is 377 g/mol. The molecule has 1 fully saturated rings. The largest absolute Gasteiger partial charge is 0.352 e. The topological polar surface area (TPSA) is 87.3 Å². The van der Waals surface area contributed by atoms with Gasteiger partial charge in [-0.25, -0.2) is 12.8 Å². The molecular formula is C18H20FN3O3S. The third-order valence-electron chi connectivity index (χ3n) is 4.26. The molecule has 8 heteroatoms. The quantitative estimate of drug-likeness (QED) is 0.717. The van der Waals surface area contributed by atoms with Crippen LogP contribution in [0.2, 0.25) is 0 Å². The number of sulfonamides is 1. The lowest BCUT2D eigenvalue weighted by Crippen LogP contribution is -2.48. The van der Waals surface area contributed by atoms with Crippen molar-refractivity contribution in [2.24, 2.45) is 5.92 Å². The number of carbonyl (C=O) groups excluding carboxylic acids is 1. The van der Waals surface area contributed by atoms with E-state index in [0.717, 1.165) is 25.2 Å². The Bertz CT molecular complexity index is 927. The van der Waals surface area contributed by atoms with Gasteiger partial charge in [0.1, 0.15) is 5.82 Å². The molecule has 0 saturated carbocycles. The van der Waals surface area contributed by atoms with Crippen molar-refractivity contribution in [3.8, 4) is 0 Å². The Morgan fingerprint density at radius 1 is 1.23 bits per heavy atom. The standard InChI is InChI=1S/C18H20FN3O3S/c1-12-8-14(19)6-7-17(12)26(24,25)22-16-5-3-2-4-15(16)18(23)21-11-13-9-20-10-13/h2-8,13,20,22H,9-11H2,1H3,(H,21,23). The van der Waals surface area contributed by atoms with Crippen molar-refractivity contribution >= 4 is 21.6 Å². The van der Waals surface area contributed by atoms with Gasteiger partial charge in [0.2, 0.25) is 0 Å². The lowest BCUT2D eigenvalue weighted by molar-refractivity contribution is 0.0943. The van der Waals surface area contributed by atoms with Gasteiger partial charge in [0.05, 0.1) is 16.1 Å². The van der Waals surface area contributed by atoms with Crippen molar-refractivity contribution in [1.29, 1.82) is 0 Å². The van der Waals surface area contributed by atoms with Gasteiger partial charge in [0, 0.05) is 25.6 Å². The zero-order valence-electron chi connectivity index (χ0n) is 14.3. The molecule has 1 aliphatic rings. The highest BCUT2D eigenvalue weighted by molar-refractivity contribution is 7.92. The van der Waals surface area contributed by atoms with Gasteiger partial charge in [-0.2, -0.15) is 0 Å². The number of hydrogen-bond donors (Lipinski definition) is 3. The van der Waals surface area contributed by atoms with Crippen LogP contribution in [0.3, 0.4) is 0 Å². The number of para-hydroxylation sites is 1. The highest BCUT2D eigenvalue weighted by atomic mass is 32.2. The van der Waals surface area contributed by atoms with Gasteiger partial charge in [0.15, 0.2) is 0 Å². The molecule has 1 saturated heterocycles. The predicted molar refractivity (Wildman–Crippen MR) is 97.1 cm³/mol. The molecule has 3 N–H and O–H groups in total. The molecule has 0 radical (unpaired) electrons. The number of halogens is 1. The summed E-state index contributed by atoms with van der Waals surface area (Å²) in [6, 6.07) is 9.84. The van der Waals surface area contributed by atoms with E-state index in [1.165, 1.54) is 19.1 Å². The molecule has 3 rings (SSSR count). The number of anilines is 1. The van der Waals surface area contributed by atoms with Crippen molar-refractivity contribution in [2.45, 2.75) is 11.8 Å². The van der Waals surface area contributed by atoms with E-state index in [2.05, 4.69) is 15.4 Å². The Hall–Kier alpha value is -2.45. The molecule has 0 unspecified atom stereocenters. The molecule has 2 aromatic carbocycles. The minimum Gasteiger partial charge on any atom is -0.352 e. The summed E-state index contributed by atoms with van der Waals surface area (Å²) in [6.45, 7) is 3.77. The predicted octanol–water partition coefficient (Wildman–Crippen LogP) is 1.88. The summed E-state index contributed by atoms with van der Waals surface area (Å²) in [5, 5.41) is 5.95. The second kappa shape index (κ2) is 7.43. The van der Waals surface area contributed by atoms with Gasteiger partial charge < -0.3 is 10.6 Å². The lowest BCUT2D eigenvalue weighted by atomic mass is 10.0. The fourth-order valence-corrected chi connectivity index (χ4v) is 4.02. The van der Waals surface area contributed by atoms with Gasteiger partial charge >= 0.3 is 0 Å². The molecule has 0 aliphatic carbocycles. The molecular weight excluding hydrogens is 357 g/mol. The number of amides is 1. The van der Waals surface area contributed by atoms with Crippen LogP contribution in [0.4, 0.5) is 10.1 Å². The Morgan fingerprint density at radius 3 is 2.62 bits per heavy atom. The number of hydrogen-bond acceptors (Lipinski definition) is 4. The summed E-state index contributed by atoms with van der Waals surface area (Å²) in [6.07, 6.45) is 0. The molecule has 1 aliphatic heterocycles. The van der Waals surface area contributed by atoms with Crippen LogP contribution in [0.1, 0.15) is 15.9 Å². The fraction of sp³-hybridized carbons (Fsp3) is 0.278. The maximum absolute atomic E-state index is 13.2. The fourth-order valence-electron chi connectivity index (χ4n) is 2.71. The first kappa shape index (κ1) is 18.3. The first-order valence-electron chi connectivity index (χ1n) is 8.24. The van der Waals surface area contributed by atoms with Crippen molar-refractivity contribution in [2.75, 3.05) is 24.4 Å². The summed E-state index contributed by atoms with van der Waals surface area (Å²) in [5.41, 5.74) is 0.709. The third-order valence-corrected chi connectivity index (χ3v) is 5.79. The molecule has 138 valence electrons. The Kier molecular flexibility index (Phi) is 5.24. The number of rotatable bonds is 6. The van der Waals surface area contributed by atoms with Crippen LogP contribution in [0, 0.1) is 18.7 Å². The van der Waals surface area contributed by atoms with Crippen molar-refractivity contribution in [3.05, 3.63) is 59.4 Å². The van der Waals surface area contributed by atoms with Crippen LogP contribution in [-0.4, -0.2) is 34.0 Å². The maximum atomic E-state index is 13.2. The minimum atomic E-state index is -3.95. The minimum absolute atomic E-state index is 0.0327. The van der Waals surface area contributed by atoms with E-state index in [-0.39, 0.29) is 27.6 Å². The van der Waals surface area contributed by atoms with Crippen molar-refractivity contribution < 1.29 is 17.6 Å². The van der Waals surface area contributed by atoms with Gasteiger partial charge in [0.25, 0.3) is 15.9 Å². The highest BCUT2D eigenvalue weighted by Gasteiger charge is 2.22. The van der Waals surface area contributed by atoms with E-state index in [9.17, 15) is 17.6 Å². The molecule has 2 aromatic rings. The van der Waals surface area contributed by atoms with Gasteiger partial charge in [-0.05, 0) is 42.8 Å². The number of aryl methyl sites for hydroxylation is 1. The summed E-state index contributed by atoms with van der Waals surface area (Å²) in [4.78, 5) is 12.4. The van der Waals surface area contributed by atoms with Crippen LogP contribution < -0.4 is 15.4 Å². The van der Waals surface area contributed by atoms with Crippen molar-refractivity contribution in [3.63, 3.8) is 0 Å². The molecule has 0 bridgehead atoms. The summed E-state index contributed by atoms with van der Waals surface area (Å²) < 4.78 is 41.0. The number of nitrogens with one attached hydrogen (secondary N) is 3. The molecule has 0 aromatic heterocycles. The molecule has 1 amide bonds. The van der Waals surface area contributed by atoms with Crippen LogP contribution in [0.25, 0.3) is 0 Å². The van der Waals surface area contributed by atoms with Gasteiger partial charge in [-0.1, -0.05) is 12.1 Å². The van der Waals surface area contributed by atoms with E-state index in [0.29, 0.717) is 12.5 Å². The molecule has 26 heavy (non-hydrogen) atoms. The lowest BCUT2D eigenvalue weighted by Gasteiger charge is -2.27. The zero-order valence-corrected chi connectivity index (χ0v) is 15.1. The first-order chi connectivity index (χ1) is 12.4. The zero-order chi connectivity index (χ0) is 18.7. The van der Waals surface area contributed by atoms with Crippen LogP contribution in [0.15, 0.2) is 47.4 Å². The van der Waals surface area contributed by atoms with Gasteiger partial charge in [-0.15, -0.1) is 0 Å². The summed E-state index contributed by atoms with van der Waals surface area (Å²) in [7, 11) is -3.95. The molecule has 0 atom stereocenters. The SMILES string of the molecule is Cc1cc(F)ccc1S(=O)(=O)Nc1ccccc1C(=O)NCC1CNC1. The maximum Gasteiger partial charge on any atom is 0.262 e. The molecule has 6 nitrogen and oxygen atoms in total. The van der Waals surface area contributed by atoms with E-state index >= 15 is 0 Å². The average Bonchev–Trinajstić information content (AvgIpc) is 2.53. The third kappa shape index (κ3) is 4.03. The summed E-state index contributed by atoms with van der Waals surface area (Å²) in [5.74, 6) is -0.456. The van der Waals surface area contributed by atoms with Crippen LogP contribution >= 0.6 is 0 Å². The van der Waals surface area contributed by atoms with E-state index < -0.39 is 15.8 Å². The van der Waals surface area contributed by atoms with Gasteiger partial charge in [-0.3, -0.25) is 9.52 Å². The Balaban J connectivity index is 1.81. The number of carbonyl (C=O) groups is 1. The Labute approximate surface area is 151 Å². The van der Waals surface area contributed by atoms with Crippen molar-refractivity contribution in [1.82, 2.24) is 10.6 Å². The second-order valence-electron chi connectivity index (χ2n) is 6.30. The Morgan fingerprint density at radius 2 is 1.96 bits per heavy atom. The van der Waals surface area contributed by atoms with E-state index in [4.69, 9.17) is 0 Å². The second-order valence-corrected chi connectivity index (χ2v) is 7.95. The highest BCUT2D eigenvalue weighted by Crippen LogP contribution is 2.22. The smallest absolute Gasteiger partial charge is 0.262 e. The van der Waals surface area contributed by atoms with Crippen LogP contribution in [0.5, 0.6) is 0 Å². The van der Waals surface area contributed by atoms with E-state index in [1.807, 2.05) is 0 Å². The normalized spacial score (nSPS) is 14.5. The van der Waals surface area contributed by atoms with E-state index in [1.54, 1.807) is 18.2 Å². The molecule has 0 spiro atoms. The number of benzene rings is 2. The summed E-state index contributed by atoms with van der Waals surface area (Å²) >= 11 is 0. The average molecular weight is 377 g/mol. The first-order valence-corrected chi connectivity index (χ1v) is 9.72. The molecule has 1 heterocycles. The van der Waals surface area contributed by atoms with Crippen LogP contribution in [-0.2, 0) is 10.0 Å².